The lowest BCUT2D eigenvalue weighted by atomic mass is 10.1. The Morgan fingerprint density at radius 2 is 1.64 bits per heavy atom. The molecule has 0 saturated carbocycles. The van der Waals surface area contributed by atoms with Crippen LogP contribution in [0.5, 0.6) is 5.75 Å². The minimum atomic E-state index is -4.93. The van der Waals surface area contributed by atoms with Crippen molar-refractivity contribution in [2.45, 2.75) is 6.18 Å². The van der Waals surface area contributed by atoms with Gasteiger partial charge in [-0.05, 0) is 18.2 Å². The van der Waals surface area contributed by atoms with Crippen molar-refractivity contribution >= 4 is 17.6 Å². The van der Waals surface area contributed by atoms with E-state index >= 15 is 0 Å². The molecule has 0 fully saturated rings. The maximum Gasteiger partial charge on any atom is 0.420 e. The molecular formula is C18H15F4NO5. The van der Waals surface area contributed by atoms with Crippen LogP contribution in [0, 0.1) is 5.82 Å². The molecule has 0 radical (unpaired) electrons. The van der Waals surface area contributed by atoms with E-state index < -0.39 is 46.6 Å². The van der Waals surface area contributed by atoms with Crippen LogP contribution in [0.3, 0.4) is 0 Å². The molecular weight excluding hydrogens is 386 g/mol. The molecule has 0 amide bonds. The maximum atomic E-state index is 14.0. The fourth-order valence-corrected chi connectivity index (χ4v) is 2.53. The zero-order valence-electron chi connectivity index (χ0n) is 15.0. The summed E-state index contributed by atoms with van der Waals surface area (Å²) in [6, 6.07) is 1.01. The number of carbonyl (C=O) groups excluding carboxylic acids is 2. The van der Waals surface area contributed by atoms with Crippen molar-refractivity contribution in [1.82, 2.24) is 0 Å². The number of methoxy groups -OCH3 is 3. The minimum absolute atomic E-state index is 0.269. The Hall–Kier alpha value is -3.30. The topological polar surface area (TPSA) is 65.1 Å². The molecule has 0 bridgehead atoms. The first kappa shape index (κ1) is 21.0. The highest BCUT2D eigenvalue weighted by atomic mass is 19.4. The summed E-state index contributed by atoms with van der Waals surface area (Å²) in [5, 5.41) is 0. The number of ether oxygens (including phenoxy) is 3. The fraction of sp³-hybridized carbons (Fsp3) is 0.222. The van der Waals surface area contributed by atoms with Gasteiger partial charge in [-0.15, -0.1) is 0 Å². The number of alkyl halides is 3. The van der Waals surface area contributed by atoms with Crippen LogP contribution in [0.2, 0.25) is 0 Å². The average molecular weight is 401 g/mol. The Labute approximate surface area is 157 Å². The SMILES string of the molecule is COC(=O)C1=C(C(=O)OC)N(c2cc(F)cc(C(F)(F)F)c2OC)C=CC=C1. The van der Waals surface area contributed by atoms with Crippen molar-refractivity contribution in [3.05, 3.63) is 59.2 Å². The Bertz CT molecular complexity index is 887. The fourth-order valence-electron chi connectivity index (χ4n) is 2.53. The lowest BCUT2D eigenvalue weighted by Gasteiger charge is -2.26. The van der Waals surface area contributed by atoms with Crippen LogP contribution < -0.4 is 9.64 Å². The van der Waals surface area contributed by atoms with Crippen molar-refractivity contribution in [2.24, 2.45) is 0 Å². The van der Waals surface area contributed by atoms with Crippen LogP contribution in [0.15, 0.2) is 47.8 Å². The molecule has 1 aromatic rings. The number of benzene rings is 1. The number of hydrogen-bond acceptors (Lipinski definition) is 6. The van der Waals surface area contributed by atoms with Crippen molar-refractivity contribution in [3.63, 3.8) is 0 Å². The predicted molar refractivity (Wildman–Crippen MR) is 89.8 cm³/mol. The number of carbonyl (C=O) groups is 2. The summed E-state index contributed by atoms with van der Waals surface area (Å²) in [6.07, 6.45) is 0.125. The molecule has 0 atom stereocenters. The van der Waals surface area contributed by atoms with Gasteiger partial charge in [0, 0.05) is 12.3 Å². The smallest absolute Gasteiger partial charge is 0.420 e. The van der Waals surface area contributed by atoms with Crippen molar-refractivity contribution in [2.75, 3.05) is 26.2 Å². The average Bonchev–Trinajstić information content (AvgIpc) is 2.88. The van der Waals surface area contributed by atoms with E-state index in [4.69, 9.17) is 4.74 Å². The van der Waals surface area contributed by atoms with Gasteiger partial charge in [0.05, 0.1) is 32.6 Å². The van der Waals surface area contributed by atoms with Gasteiger partial charge in [-0.3, -0.25) is 0 Å². The largest absolute Gasteiger partial charge is 0.494 e. The second-order valence-electron chi connectivity index (χ2n) is 5.32. The Balaban J connectivity index is 2.86. The second kappa shape index (κ2) is 8.15. The zero-order chi connectivity index (χ0) is 21.1. The van der Waals surface area contributed by atoms with Crippen molar-refractivity contribution in [1.29, 1.82) is 0 Å². The summed E-state index contributed by atoms with van der Waals surface area (Å²) < 4.78 is 68.2. The highest BCUT2D eigenvalue weighted by Crippen LogP contribution is 2.44. The first-order valence-electron chi connectivity index (χ1n) is 7.65. The molecule has 28 heavy (non-hydrogen) atoms. The number of anilines is 1. The first-order valence-corrected chi connectivity index (χ1v) is 7.65. The van der Waals surface area contributed by atoms with E-state index in [-0.39, 0.29) is 11.6 Å². The summed E-state index contributed by atoms with van der Waals surface area (Å²) in [5.74, 6) is -3.98. The van der Waals surface area contributed by atoms with Crippen LogP contribution in [0.1, 0.15) is 5.56 Å². The Kier molecular flexibility index (Phi) is 6.12. The van der Waals surface area contributed by atoms with Crippen LogP contribution in [-0.4, -0.2) is 33.3 Å². The lowest BCUT2D eigenvalue weighted by molar-refractivity contribution is -0.139. The van der Waals surface area contributed by atoms with E-state index in [0.717, 1.165) is 38.5 Å². The number of hydrogen-bond donors (Lipinski definition) is 0. The molecule has 10 heteroatoms. The van der Waals surface area contributed by atoms with E-state index in [2.05, 4.69) is 9.47 Å². The van der Waals surface area contributed by atoms with Gasteiger partial charge in [-0.1, -0.05) is 6.08 Å². The van der Waals surface area contributed by atoms with Crippen LogP contribution in [-0.2, 0) is 25.2 Å². The van der Waals surface area contributed by atoms with E-state index in [0.29, 0.717) is 0 Å². The predicted octanol–water partition coefficient (Wildman–Crippen LogP) is 3.34. The summed E-state index contributed by atoms with van der Waals surface area (Å²) in [7, 11) is 3.05. The third-order valence-corrected chi connectivity index (χ3v) is 3.69. The molecule has 0 spiro atoms. The molecule has 0 N–H and O–H groups in total. The normalized spacial score (nSPS) is 14.0. The standard InChI is InChI=1S/C18H15F4NO5/c1-26-15-12(18(20,21)22)8-10(19)9-13(15)23-7-5-4-6-11(16(24)27-2)14(23)17(25)28-3/h4-9H,1-3H3. The van der Waals surface area contributed by atoms with E-state index in [1.165, 1.54) is 18.2 Å². The number of nitrogens with zero attached hydrogens (tertiary/aromatic N) is 1. The third kappa shape index (κ3) is 4.00. The molecule has 0 unspecified atom stereocenters. The zero-order valence-corrected chi connectivity index (χ0v) is 15.0. The van der Waals surface area contributed by atoms with Gasteiger partial charge in [-0.2, -0.15) is 13.2 Å². The van der Waals surface area contributed by atoms with Gasteiger partial charge in [0.25, 0.3) is 0 Å². The molecule has 1 aliphatic heterocycles. The van der Waals surface area contributed by atoms with Gasteiger partial charge in [0.1, 0.15) is 17.1 Å². The quantitative estimate of drug-likeness (QED) is 0.570. The molecule has 6 nitrogen and oxygen atoms in total. The highest BCUT2D eigenvalue weighted by molar-refractivity contribution is 6.05. The van der Waals surface area contributed by atoms with E-state index in [1.807, 2.05) is 0 Å². The van der Waals surface area contributed by atoms with E-state index in [1.54, 1.807) is 0 Å². The highest BCUT2D eigenvalue weighted by Gasteiger charge is 2.38. The van der Waals surface area contributed by atoms with Crippen LogP contribution in [0.25, 0.3) is 0 Å². The monoisotopic (exact) mass is 401 g/mol. The molecule has 0 aliphatic carbocycles. The molecule has 1 aliphatic rings. The van der Waals surface area contributed by atoms with Crippen LogP contribution >= 0.6 is 0 Å². The first-order chi connectivity index (χ1) is 13.1. The molecule has 1 heterocycles. The summed E-state index contributed by atoms with van der Waals surface area (Å²) in [4.78, 5) is 25.3. The minimum Gasteiger partial charge on any atom is -0.494 e. The summed E-state index contributed by atoms with van der Waals surface area (Å²) >= 11 is 0. The molecule has 150 valence electrons. The Morgan fingerprint density at radius 1 is 1.00 bits per heavy atom. The summed E-state index contributed by atoms with van der Waals surface area (Å²) in [5.41, 5.74) is -2.63. The van der Waals surface area contributed by atoms with Gasteiger partial charge in [0.15, 0.2) is 5.75 Å². The van der Waals surface area contributed by atoms with Crippen LogP contribution in [0.4, 0.5) is 23.2 Å². The number of esters is 2. The van der Waals surface area contributed by atoms with Gasteiger partial charge in [-0.25, -0.2) is 14.0 Å². The second-order valence-corrected chi connectivity index (χ2v) is 5.32. The van der Waals surface area contributed by atoms with Gasteiger partial charge >= 0.3 is 18.1 Å². The van der Waals surface area contributed by atoms with Crippen molar-refractivity contribution < 1.29 is 41.4 Å². The molecule has 0 saturated heterocycles. The third-order valence-electron chi connectivity index (χ3n) is 3.69. The molecule has 2 rings (SSSR count). The summed E-state index contributed by atoms with van der Waals surface area (Å²) in [6.45, 7) is 0. The number of halogens is 4. The van der Waals surface area contributed by atoms with Gasteiger partial charge < -0.3 is 19.1 Å². The van der Waals surface area contributed by atoms with Gasteiger partial charge in [0.2, 0.25) is 0 Å². The van der Waals surface area contributed by atoms with Crippen molar-refractivity contribution in [3.8, 4) is 5.75 Å². The lowest BCUT2D eigenvalue weighted by Crippen LogP contribution is -2.28. The number of allylic oxidation sites excluding steroid dienone is 2. The number of rotatable bonds is 4. The Morgan fingerprint density at radius 3 is 2.18 bits per heavy atom. The molecule has 0 aromatic heterocycles. The molecule has 1 aromatic carbocycles. The maximum absolute atomic E-state index is 14.0. The van der Waals surface area contributed by atoms with E-state index in [9.17, 15) is 27.2 Å².